The van der Waals surface area contributed by atoms with Crippen molar-refractivity contribution in [1.82, 2.24) is 18.9 Å². The molecule has 5 rings (SSSR count). The Bertz CT molecular complexity index is 1350. The first-order chi connectivity index (χ1) is 15.5. The van der Waals surface area contributed by atoms with Gasteiger partial charge in [0.2, 0.25) is 10.0 Å². The van der Waals surface area contributed by atoms with Crippen LogP contribution in [-0.4, -0.2) is 40.4 Å². The van der Waals surface area contributed by atoms with Gasteiger partial charge in [-0.25, -0.2) is 17.9 Å². The van der Waals surface area contributed by atoms with Crippen LogP contribution in [0.2, 0.25) is 5.02 Å². The van der Waals surface area contributed by atoms with E-state index in [9.17, 15) is 8.42 Å². The van der Waals surface area contributed by atoms with Gasteiger partial charge in [-0.05, 0) is 49.4 Å². The molecule has 32 heavy (non-hydrogen) atoms. The predicted molar refractivity (Wildman–Crippen MR) is 125 cm³/mol. The minimum Gasteiger partial charge on any atom is -0.228 e. The second-order valence-electron chi connectivity index (χ2n) is 8.08. The van der Waals surface area contributed by atoms with Crippen LogP contribution in [-0.2, 0) is 16.4 Å². The quantitative estimate of drug-likeness (QED) is 0.427. The third-order valence-corrected chi connectivity index (χ3v) is 8.28. The lowest BCUT2D eigenvalue weighted by Gasteiger charge is -2.31. The van der Waals surface area contributed by atoms with Crippen molar-refractivity contribution in [3.63, 3.8) is 0 Å². The van der Waals surface area contributed by atoms with E-state index in [1.807, 2.05) is 47.0 Å². The summed E-state index contributed by atoms with van der Waals surface area (Å²) in [4.78, 5) is 5.08. The topological polar surface area (TPSA) is 67.6 Å². The lowest BCUT2D eigenvalue weighted by molar-refractivity contribution is 0.271. The van der Waals surface area contributed by atoms with Crippen LogP contribution in [0.4, 0.5) is 0 Å². The van der Waals surface area contributed by atoms with Crippen LogP contribution in [0.3, 0.4) is 0 Å². The molecule has 1 fully saturated rings. The van der Waals surface area contributed by atoms with Crippen molar-refractivity contribution in [3.05, 3.63) is 83.6 Å². The molecule has 0 aliphatic carbocycles. The lowest BCUT2D eigenvalue weighted by atomic mass is 9.92. The van der Waals surface area contributed by atoms with E-state index in [1.54, 1.807) is 34.8 Å². The molecular formula is C24H23ClN4O2S. The molecule has 0 saturated carbocycles. The van der Waals surface area contributed by atoms with Crippen LogP contribution in [0, 0.1) is 5.92 Å². The van der Waals surface area contributed by atoms with Gasteiger partial charge in [0.05, 0.1) is 16.8 Å². The molecule has 2 aromatic carbocycles. The Balaban J connectivity index is 1.36. The summed E-state index contributed by atoms with van der Waals surface area (Å²) < 4.78 is 29.3. The molecule has 2 aromatic heterocycles. The van der Waals surface area contributed by atoms with Gasteiger partial charge in [-0.2, -0.15) is 9.40 Å². The third kappa shape index (κ3) is 4.03. The van der Waals surface area contributed by atoms with Crippen molar-refractivity contribution in [2.24, 2.45) is 5.92 Å². The summed E-state index contributed by atoms with van der Waals surface area (Å²) in [7, 11) is -3.44. The molecule has 1 saturated heterocycles. The van der Waals surface area contributed by atoms with Crippen LogP contribution in [0.25, 0.3) is 16.9 Å². The van der Waals surface area contributed by atoms with Gasteiger partial charge in [0, 0.05) is 35.4 Å². The average molecular weight is 467 g/mol. The number of sulfonamides is 1. The molecule has 1 aliphatic rings. The van der Waals surface area contributed by atoms with Crippen LogP contribution in [0.15, 0.2) is 77.8 Å². The van der Waals surface area contributed by atoms with Gasteiger partial charge in [0.15, 0.2) is 5.65 Å². The molecule has 0 bridgehead atoms. The third-order valence-electron chi connectivity index (χ3n) is 6.04. The van der Waals surface area contributed by atoms with Gasteiger partial charge in [0.25, 0.3) is 0 Å². The minimum absolute atomic E-state index is 0.357. The number of fused-ring (bicyclic) bond motifs is 1. The summed E-state index contributed by atoms with van der Waals surface area (Å²) in [6.45, 7) is 1.04. The highest BCUT2D eigenvalue weighted by molar-refractivity contribution is 7.89. The first-order valence-electron chi connectivity index (χ1n) is 10.7. The summed E-state index contributed by atoms with van der Waals surface area (Å²) in [6.07, 6.45) is 4.16. The highest BCUT2D eigenvalue weighted by atomic mass is 35.5. The number of halogens is 1. The van der Waals surface area contributed by atoms with Crippen molar-refractivity contribution < 1.29 is 8.42 Å². The van der Waals surface area contributed by atoms with Gasteiger partial charge >= 0.3 is 0 Å². The van der Waals surface area contributed by atoms with Gasteiger partial charge in [-0.15, -0.1) is 0 Å². The normalized spacial score (nSPS) is 15.9. The maximum absolute atomic E-state index is 12.9. The van der Waals surface area contributed by atoms with Crippen LogP contribution in [0.5, 0.6) is 0 Å². The van der Waals surface area contributed by atoms with E-state index < -0.39 is 10.0 Å². The Hall–Kier alpha value is -2.74. The highest BCUT2D eigenvalue weighted by Gasteiger charge is 2.29. The van der Waals surface area contributed by atoms with E-state index in [0.29, 0.717) is 28.9 Å². The molecule has 6 nitrogen and oxygen atoms in total. The Morgan fingerprint density at radius 3 is 2.44 bits per heavy atom. The van der Waals surface area contributed by atoms with Crippen LogP contribution >= 0.6 is 11.6 Å². The second-order valence-corrected chi connectivity index (χ2v) is 10.4. The summed E-state index contributed by atoms with van der Waals surface area (Å²) in [5.74, 6) is 0.367. The zero-order chi connectivity index (χ0) is 22.1. The van der Waals surface area contributed by atoms with E-state index in [2.05, 4.69) is 5.10 Å². The van der Waals surface area contributed by atoms with Crippen LogP contribution < -0.4 is 0 Å². The fraction of sp³-hybridized carbons (Fsp3) is 0.250. The number of nitrogens with zero attached hydrogens (tertiary/aromatic N) is 4. The molecule has 0 amide bonds. The van der Waals surface area contributed by atoms with Crippen molar-refractivity contribution >= 4 is 27.3 Å². The molecule has 0 atom stereocenters. The van der Waals surface area contributed by atoms with E-state index >= 15 is 0 Å². The molecule has 0 N–H and O–H groups in total. The molecule has 0 radical (unpaired) electrons. The van der Waals surface area contributed by atoms with Gasteiger partial charge in [0.1, 0.15) is 0 Å². The average Bonchev–Trinajstić information content (AvgIpc) is 3.29. The number of hydrogen-bond donors (Lipinski definition) is 0. The Morgan fingerprint density at radius 1 is 0.969 bits per heavy atom. The van der Waals surface area contributed by atoms with Gasteiger partial charge in [-0.1, -0.05) is 48.0 Å². The smallest absolute Gasteiger partial charge is 0.228 e. The standard InChI is InChI=1S/C24H23ClN4O2S/c25-22-9-5-4-8-21(22)23-17-19(29-24(27-23)10-13-26-29)16-18-11-14-28(15-12-18)32(30,31)20-6-2-1-3-7-20/h1-10,13,17-18H,11-12,14-16H2. The molecule has 1 aliphatic heterocycles. The Labute approximate surface area is 192 Å². The molecule has 164 valence electrons. The van der Waals surface area contributed by atoms with Crippen molar-refractivity contribution in [2.75, 3.05) is 13.1 Å². The first-order valence-corrected chi connectivity index (χ1v) is 12.5. The number of rotatable bonds is 5. The molecule has 0 spiro atoms. The van der Waals surface area contributed by atoms with Crippen LogP contribution in [0.1, 0.15) is 18.5 Å². The highest BCUT2D eigenvalue weighted by Crippen LogP contribution is 2.30. The fourth-order valence-corrected chi connectivity index (χ4v) is 6.04. The zero-order valence-corrected chi connectivity index (χ0v) is 19.0. The molecule has 3 heterocycles. The molecular weight excluding hydrogens is 444 g/mol. The first kappa shape index (κ1) is 21.1. The number of hydrogen-bond acceptors (Lipinski definition) is 4. The predicted octanol–water partition coefficient (Wildman–Crippen LogP) is 4.69. The van der Waals surface area contributed by atoms with Crippen molar-refractivity contribution in [2.45, 2.75) is 24.2 Å². The second kappa shape index (κ2) is 8.65. The largest absolute Gasteiger partial charge is 0.243 e. The minimum atomic E-state index is -3.44. The SMILES string of the molecule is O=S(=O)(c1ccccc1)N1CCC(Cc2cc(-c3ccccc3Cl)nc3ccnn23)CC1. The van der Waals surface area contributed by atoms with Gasteiger partial charge in [-0.3, -0.25) is 0 Å². The van der Waals surface area contributed by atoms with Crippen molar-refractivity contribution in [1.29, 1.82) is 0 Å². The summed E-state index contributed by atoms with van der Waals surface area (Å²) in [5, 5.41) is 5.11. The number of aromatic nitrogens is 3. The zero-order valence-electron chi connectivity index (χ0n) is 17.4. The van der Waals surface area contributed by atoms with Gasteiger partial charge < -0.3 is 0 Å². The maximum Gasteiger partial charge on any atom is 0.243 e. The molecule has 8 heteroatoms. The van der Waals surface area contributed by atoms with E-state index in [1.165, 1.54) is 0 Å². The number of benzene rings is 2. The monoisotopic (exact) mass is 466 g/mol. The Kier molecular flexibility index (Phi) is 5.71. The maximum atomic E-state index is 12.9. The van der Waals surface area contributed by atoms with E-state index in [0.717, 1.165) is 41.9 Å². The Morgan fingerprint density at radius 2 is 1.69 bits per heavy atom. The lowest BCUT2D eigenvalue weighted by Crippen LogP contribution is -2.39. The summed E-state index contributed by atoms with van der Waals surface area (Å²) in [6, 6.07) is 20.3. The number of piperidine rings is 1. The molecule has 0 unspecified atom stereocenters. The van der Waals surface area contributed by atoms with E-state index in [-0.39, 0.29) is 0 Å². The fourth-order valence-electron chi connectivity index (χ4n) is 4.32. The van der Waals surface area contributed by atoms with Crippen molar-refractivity contribution in [3.8, 4) is 11.3 Å². The van der Waals surface area contributed by atoms with E-state index in [4.69, 9.17) is 16.6 Å². The molecule has 4 aromatic rings. The summed E-state index contributed by atoms with van der Waals surface area (Å²) in [5.41, 5.74) is 3.55. The summed E-state index contributed by atoms with van der Waals surface area (Å²) >= 11 is 6.41.